The third kappa shape index (κ3) is 5.34. The zero-order valence-electron chi connectivity index (χ0n) is 14.6. The van der Waals surface area contributed by atoms with Crippen molar-refractivity contribution in [3.63, 3.8) is 0 Å². The summed E-state index contributed by atoms with van der Waals surface area (Å²) < 4.78 is 6.02. The molecule has 28 heavy (non-hydrogen) atoms. The number of carbonyl (C=O) groups excluding carboxylic acids is 2. The molecule has 0 aliphatic carbocycles. The van der Waals surface area contributed by atoms with Crippen LogP contribution in [-0.2, 0) is 4.79 Å². The maximum atomic E-state index is 12.2. The van der Waals surface area contributed by atoms with Crippen LogP contribution in [-0.4, -0.2) is 18.4 Å². The summed E-state index contributed by atoms with van der Waals surface area (Å²) in [6.07, 6.45) is 0. The van der Waals surface area contributed by atoms with E-state index in [1.165, 1.54) is 0 Å². The van der Waals surface area contributed by atoms with Crippen LogP contribution in [0.25, 0.3) is 11.1 Å². The van der Waals surface area contributed by atoms with Crippen LogP contribution in [0.5, 0.6) is 5.75 Å². The van der Waals surface area contributed by atoms with Crippen molar-refractivity contribution in [2.75, 3.05) is 6.61 Å². The van der Waals surface area contributed by atoms with Crippen LogP contribution >= 0.6 is 27.5 Å². The molecular formula is C21H16BrClN2O3. The van der Waals surface area contributed by atoms with E-state index in [-0.39, 0.29) is 6.61 Å². The predicted octanol–water partition coefficient (Wildman–Crippen LogP) is 4.61. The largest absolute Gasteiger partial charge is 0.483 e. The van der Waals surface area contributed by atoms with Crippen LogP contribution in [0, 0.1) is 0 Å². The van der Waals surface area contributed by atoms with E-state index in [9.17, 15) is 9.59 Å². The molecule has 0 bridgehead atoms. The molecule has 0 atom stereocenters. The van der Waals surface area contributed by atoms with Crippen LogP contribution in [0.3, 0.4) is 0 Å². The Hall–Kier alpha value is -2.83. The highest BCUT2D eigenvalue weighted by molar-refractivity contribution is 9.10. The van der Waals surface area contributed by atoms with Crippen LogP contribution in [0.15, 0.2) is 77.3 Å². The van der Waals surface area contributed by atoms with E-state index in [1.54, 1.807) is 30.3 Å². The Kier molecular flexibility index (Phi) is 6.68. The molecule has 142 valence electrons. The fourth-order valence-corrected chi connectivity index (χ4v) is 3.21. The lowest BCUT2D eigenvalue weighted by Crippen LogP contribution is -2.43. The van der Waals surface area contributed by atoms with Gasteiger partial charge in [0.05, 0.1) is 4.47 Å². The van der Waals surface area contributed by atoms with Crippen molar-refractivity contribution >= 4 is 39.3 Å². The summed E-state index contributed by atoms with van der Waals surface area (Å²) in [7, 11) is 0. The van der Waals surface area contributed by atoms with Gasteiger partial charge in [-0.1, -0.05) is 54.1 Å². The molecule has 0 aliphatic heterocycles. The molecule has 0 spiro atoms. The first kappa shape index (κ1) is 19.9. The number of hydrogen-bond acceptors (Lipinski definition) is 3. The minimum Gasteiger partial charge on any atom is -0.483 e. The van der Waals surface area contributed by atoms with Gasteiger partial charge in [-0.25, -0.2) is 0 Å². The smallest absolute Gasteiger partial charge is 0.276 e. The molecular weight excluding hydrogens is 444 g/mol. The van der Waals surface area contributed by atoms with Gasteiger partial charge in [-0.2, -0.15) is 0 Å². The van der Waals surface area contributed by atoms with Gasteiger partial charge in [-0.15, -0.1) is 0 Å². The quantitative estimate of drug-likeness (QED) is 0.548. The van der Waals surface area contributed by atoms with Gasteiger partial charge in [-0.3, -0.25) is 20.4 Å². The number of nitrogens with one attached hydrogen (secondary N) is 2. The second kappa shape index (κ2) is 9.39. The minimum atomic E-state index is -0.490. The topological polar surface area (TPSA) is 67.4 Å². The van der Waals surface area contributed by atoms with Gasteiger partial charge >= 0.3 is 0 Å². The number of hydrogen-bond donors (Lipinski definition) is 2. The van der Waals surface area contributed by atoms with Crippen LogP contribution in [0.1, 0.15) is 10.4 Å². The number of carbonyl (C=O) groups is 2. The number of amides is 2. The normalized spacial score (nSPS) is 10.2. The second-order valence-corrected chi connectivity index (χ2v) is 7.10. The lowest BCUT2D eigenvalue weighted by molar-refractivity contribution is -0.123. The van der Waals surface area contributed by atoms with Gasteiger partial charge in [0, 0.05) is 10.6 Å². The first-order valence-electron chi connectivity index (χ1n) is 8.35. The fraction of sp³-hybridized carbons (Fsp3) is 0.0476. The lowest BCUT2D eigenvalue weighted by atomic mass is 10.0. The maximum absolute atomic E-state index is 12.2. The van der Waals surface area contributed by atoms with E-state index >= 15 is 0 Å². The molecule has 0 saturated carbocycles. The average Bonchev–Trinajstić information content (AvgIpc) is 2.72. The van der Waals surface area contributed by atoms with E-state index in [4.69, 9.17) is 16.3 Å². The van der Waals surface area contributed by atoms with Crippen LogP contribution < -0.4 is 15.6 Å². The molecule has 0 aromatic heterocycles. The molecule has 3 rings (SSSR count). The minimum absolute atomic E-state index is 0.256. The summed E-state index contributed by atoms with van der Waals surface area (Å²) in [5.41, 5.74) is 7.19. The molecule has 2 N–H and O–H groups in total. The van der Waals surface area contributed by atoms with Gasteiger partial charge in [0.25, 0.3) is 11.8 Å². The lowest BCUT2D eigenvalue weighted by Gasteiger charge is -2.10. The third-order valence-corrected chi connectivity index (χ3v) is 4.68. The standard InChI is InChI=1S/C21H16BrClN2O3/c22-18-12-17(23)10-11-19(18)28-13-20(26)24-25-21(27)16-8-6-15(7-9-16)14-4-2-1-3-5-14/h1-12H,13H2,(H,24,26)(H,25,27). The monoisotopic (exact) mass is 458 g/mol. The zero-order valence-corrected chi connectivity index (χ0v) is 17.0. The maximum Gasteiger partial charge on any atom is 0.276 e. The first-order valence-corrected chi connectivity index (χ1v) is 9.52. The molecule has 3 aromatic carbocycles. The van der Waals surface area contributed by atoms with Crippen molar-refractivity contribution in [1.82, 2.24) is 10.9 Å². The van der Waals surface area contributed by atoms with E-state index in [0.29, 0.717) is 20.8 Å². The molecule has 7 heteroatoms. The molecule has 0 radical (unpaired) electrons. The van der Waals surface area contributed by atoms with Gasteiger partial charge in [0.1, 0.15) is 5.75 Å². The Morgan fingerprint density at radius 2 is 1.57 bits per heavy atom. The van der Waals surface area contributed by atoms with Crippen molar-refractivity contribution in [2.24, 2.45) is 0 Å². The predicted molar refractivity (Wildman–Crippen MR) is 112 cm³/mol. The average molecular weight is 460 g/mol. The molecule has 3 aromatic rings. The highest BCUT2D eigenvalue weighted by Gasteiger charge is 2.09. The Labute approximate surface area is 175 Å². The Morgan fingerprint density at radius 3 is 2.25 bits per heavy atom. The molecule has 0 aliphatic rings. The van der Waals surface area contributed by atoms with Crippen molar-refractivity contribution in [2.45, 2.75) is 0 Å². The third-order valence-electron chi connectivity index (χ3n) is 3.82. The van der Waals surface area contributed by atoms with Crippen molar-refractivity contribution in [3.05, 3.63) is 87.9 Å². The van der Waals surface area contributed by atoms with Crippen LogP contribution in [0.4, 0.5) is 0 Å². The van der Waals surface area contributed by atoms with Gasteiger partial charge in [0.2, 0.25) is 0 Å². The molecule has 2 amide bonds. The number of ether oxygens (including phenoxy) is 1. The zero-order chi connectivity index (χ0) is 19.9. The summed E-state index contributed by atoms with van der Waals surface area (Å²) in [6, 6.07) is 21.9. The highest BCUT2D eigenvalue weighted by atomic mass is 79.9. The number of benzene rings is 3. The van der Waals surface area contributed by atoms with Gasteiger partial charge < -0.3 is 4.74 Å². The van der Waals surface area contributed by atoms with E-state index in [0.717, 1.165) is 11.1 Å². The van der Waals surface area contributed by atoms with E-state index in [1.807, 2.05) is 42.5 Å². The SMILES string of the molecule is O=C(COc1ccc(Cl)cc1Br)NNC(=O)c1ccc(-c2ccccc2)cc1. The molecule has 0 saturated heterocycles. The Balaban J connectivity index is 1.50. The molecule has 0 heterocycles. The summed E-state index contributed by atoms with van der Waals surface area (Å²) in [5.74, 6) is -0.431. The van der Waals surface area contributed by atoms with Gasteiger partial charge in [0.15, 0.2) is 6.61 Å². The summed E-state index contributed by atoms with van der Waals surface area (Å²) >= 11 is 9.16. The first-order chi connectivity index (χ1) is 13.5. The summed E-state index contributed by atoms with van der Waals surface area (Å²) in [6.45, 7) is -0.256. The summed E-state index contributed by atoms with van der Waals surface area (Å²) in [5, 5.41) is 0.550. The number of rotatable bonds is 5. The van der Waals surface area contributed by atoms with E-state index in [2.05, 4.69) is 26.8 Å². The number of hydrazine groups is 1. The second-order valence-electron chi connectivity index (χ2n) is 5.81. The highest BCUT2D eigenvalue weighted by Crippen LogP contribution is 2.27. The van der Waals surface area contributed by atoms with E-state index < -0.39 is 11.8 Å². The Bertz CT molecular complexity index is 979. The van der Waals surface area contributed by atoms with Crippen molar-refractivity contribution in [3.8, 4) is 16.9 Å². The fourth-order valence-electron chi connectivity index (χ4n) is 2.41. The van der Waals surface area contributed by atoms with Gasteiger partial charge in [-0.05, 0) is 57.4 Å². The molecule has 0 fully saturated rings. The van der Waals surface area contributed by atoms with Crippen molar-refractivity contribution in [1.29, 1.82) is 0 Å². The molecule has 0 unspecified atom stereocenters. The van der Waals surface area contributed by atoms with Crippen LogP contribution in [0.2, 0.25) is 5.02 Å². The number of halogens is 2. The Morgan fingerprint density at radius 1 is 0.893 bits per heavy atom. The summed E-state index contributed by atoms with van der Waals surface area (Å²) in [4.78, 5) is 24.1. The van der Waals surface area contributed by atoms with Crippen molar-refractivity contribution < 1.29 is 14.3 Å². The molecule has 5 nitrogen and oxygen atoms in total.